The van der Waals surface area contributed by atoms with Gasteiger partial charge in [0, 0.05) is 25.3 Å². The molecule has 1 atom stereocenters. The van der Waals surface area contributed by atoms with E-state index in [9.17, 15) is 0 Å². The fourth-order valence-electron chi connectivity index (χ4n) is 2.23. The first-order valence-electron chi connectivity index (χ1n) is 6.10. The molecule has 1 aliphatic heterocycles. The van der Waals surface area contributed by atoms with Gasteiger partial charge < -0.3 is 10.2 Å². The van der Waals surface area contributed by atoms with E-state index in [-0.39, 0.29) is 0 Å². The maximum atomic E-state index is 3.94. The molecule has 16 heavy (non-hydrogen) atoms. The molecule has 2 heterocycles. The molecule has 1 N–H and O–H groups in total. The zero-order chi connectivity index (χ0) is 11.2. The lowest BCUT2D eigenvalue weighted by molar-refractivity contribution is 0.226. The summed E-state index contributed by atoms with van der Waals surface area (Å²) in [7, 11) is 2.20. The van der Waals surface area contributed by atoms with Gasteiger partial charge in [-0.15, -0.1) is 5.10 Å². The summed E-state index contributed by atoms with van der Waals surface area (Å²) < 4.78 is 1.88. The second kappa shape index (κ2) is 5.96. The highest BCUT2D eigenvalue weighted by molar-refractivity contribution is 4.76. The van der Waals surface area contributed by atoms with Gasteiger partial charge in [0.1, 0.15) is 0 Å². The van der Waals surface area contributed by atoms with Crippen molar-refractivity contribution in [3.63, 3.8) is 0 Å². The van der Waals surface area contributed by atoms with E-state index in [4.69, 9.17) is 0 Å². The molecule has 0 saturated carbocycles. The van der Waals surface area contributed by atoms with Crippen LogP contribution in [0.15, 0.2) is 12.4 Å². The van der Waals surface area contributed by atoms with Gasteiger partial charge in [-0.2, -0.15) is 0 Å². The summed E-state index contributed by atoms with van der Waals surface area (Å²) in [5.74, 6) is 0. The van der Waals surface area contributed by atoms with Gasteiger partial charge in [-0.25, -0.2) is 0 Å². The van der Waals surface area contributed by atoms with Crippen molar-refractivity contribution in [3.05, 3.63) is 12.4 Å². The van der Waals surface area contributed by atoms with Crippen LogP contribution in [0.25, 0.3) is 0 Å². The molecule has 1 aromatic rings. The van der Waals surface area contributed by atoms with Crippen LogP contribution in [0.2, 0.25) is 0 Å². The highest BCUT2D eigenvalue weighted by Gasteiger charge is 2.15. The smallest absolute Gasteiger partial charge is 0.0692 e. The Morgan fingerprint density at radius 2 is 2.44 bits per heavy atom. The highest BCUT2D eigenvalue weighted by Crippen LogP contribution is 2.07. The number of likely N-dealkylation sites (tertiary alicyclic amines) is 1. The van der Waals surface area contributed by atoms with E-state index < -0.39 is 0 Å². The fraction of sp³-hybridized carbons (Fsp3) is 0.818. The number of nitrogens with zero attached hydrogens (tertiary/aromatic N) is 4. The summed E-state index contributed by atoms with van der Waals surface area (Å²) in [5.41, 5.74) is 0. The van der Waals surface area contributed by atoms with Crippen molar-refractivity contribution < 1.29 is 0 Å². The van der Waals surface area contributed by atoms with Crippen LogP contribution in [0.1, 0.15) is 19.3 Å². The lowest BCUT2D eigenvalue weighted by atomic mass is 10.1. The first kappa shape index (κ1) is 11.5. The van der Waals surface area contributed by atoms with Crippen LogP contribution < -0.4 is 5.32 Å². The first-order chi connectivity index (χ1) is 7.84. The summed E-state index contributed by atoms with van der Waals surface area (Å²) in [4.78, 5) is 2.40. The van der Waals surface area contributed by atoms with E-state index in [2.05, 4.69) is 27.6 Å². The van der Waals surface area contributed by atoms with E-state index in [1.165, 1.54) is 25.9 Å². The summed E-state index contributed by atoms with van der Waals surface area (Å²) >= 11 is 0. The Morgan fingerprint density at radius 3 is 3.19 bits per heavy atom. The number of aromatic nitrogens is 3. The van der Waals surface area contributed by atoms with Gasteiger partial charge >= 0.3 is 0 Å². The lowest BCUT2D eigenvalue weighted by Gasteiger charge is -2.30. The van der Waals surface area contributed by atoms with Crippen molar-refractivity contribution >= 4 is 0 Å². The van der Waals surface area contributed by atoms with Crippen molar-refractivity contribution in [1.82, 2.24) is 25.2 Å². The SMILES string of the molecule is CN1CCCC(NCCCn2ccnn2)C1. The standard InChI is InChI=1S/C11H21N5/c1-15-7-2-4-11(10-15)12-5-3-8-16-9-6-13-14-16/h6,9,11-12H,2-5,7-8,10H2,1H3. The van der Waals surface area contributed by atoms with Gasteiger partial charge in [0.05, 0.1) is 6.20 Å². The molecule has 1 fully saturated rings. The Morgan fingerprint density at radius 1 is 1.50 bits per heavy atom. The number of likely N-dealkylation sites (N-methyl/N-ethyl adjacent to an activating group) is 1. The molecule has 5 nitrogen and oxygen atoms in total. The molecule has 0 spiro atoms. The molecule has 5 heteroatoms. The van der Waals surface area contributed by atoms with E-state index in [0.29, 0.717) is 6.04 Å². The predicted octanol–water partition coefficient (Wildman–Crippen LogP) is 0.352. The van der Waals surface area contributed by atoms with Crippen molar-refractivity contribution in [2.75, 3.05) is 26.7 Å². The monoisotopic (exact) mass is 223 g/mol. The molecule has 0 bridgehead atoms. The maximum absolute atomic E-state index is 3.94. The molecule has 1 unspecified atom stereocenters. The van der Waals surface area contributed by atoms with E-state index in [1.54, 1.807) is 6.20 Å². The Labute approximate surface area is 96.8 Å². The third-order valence-corrected chi connectivity index (χ3v) is 3.09. The van der Waals surface area contributed by atoms with Crippen molar-refractivity contribution in [2.45, 2.75) is 31.8 Å². The van der Waals surface area contributed by atoms with Crippen LogP contribution in [-0.4, -0.2) is 52.6 Å². The second-order valence-corrected chi connectivity index (χ2v) is 4.58. The fourth-order valence-corrected chi connectivity index (χ4v) is 2.23. The first-order valence-corrected chi connectivity index (χ1v) is 6.10. The van der Waals surface area contributed by atoms with Gasteiger partial charge in [-0.1, -0.05) is 5.21 Å². The molecule has 0 radical (unpaired) electrons. The number of rotatable bonds is 5. The van der Waals surface area contributed by atoms with Crippen LogP contribution in [0, 0.1) is 0 Å². The van der Waals surface area contributed by atoms with Crippen LogP contribution >= 0.6 is 0 Å². The topological polar surface area (TPSA) is 46.0 Å². The number of nitrogens with one attached hydrogen (secondary N) is 1. The van der Waals surface area contributed by atoms with Crippen molar-refractivity contribution in [3.8, 4) is 0 Å². The average Bonchev–Trinajstić information content (AvgIpc) is 2.77. The minimum Gasteiger partial charge on any atom is -0.313 e. The summed E-state index contributed by atoms with van der Waals surface area (Å²) in [6.07, 6.45) is 7.38. The molecular weight excluding hydrogens is 202 g/mol. The van der Waals surface area contributed by atoms with Gasteiger partial charge in [-0.3, -0.25) is 4.68 Å². The predicted molar refractivity (Wildman–Crippen MR) is 63.2 cm³/mol. The third kappa shape index (κ3) is 3.57. The molecule has 0 aliphatic carbocycles. The number of hydrogen-bond donors (Lipinski definition) is 1. The van der Waals surface area contributed by atoms with E-state index >= 15 is 0 Å². The molecule has 1 aromatic heterocycles. The summed E-state index contributed by atoms with van der Waals surface area (Å²) in [6.45, 7) is 4.45. The number of piperidine rings is 1. The molecule has 2 rings (SSSR count). The molecule has 90 valence electrons. The maximum Gasteiger partial charge on any atom is 0.0692 e. The molecular formula is C11H21N5. The zero-order valence-corrected chi connectivity index (χ0v) is 9.97. The second-order valence-electron chi connectivity index (χ2n) is 4.58. The van der Waals surface area contributed by atoms with E-state index in [1.807, 2.05) is 10.9 Å². The zero-order valence-electron chi connectivity index (χ0n) is 9.97. The molecule has 0 amide bonds. The Bertz CT molecular complexity index is 285. The van der Waals surface area contributed by atoms with Gasteiger partial charge in [0.15, 0.2) is 0 Å². The summed E-state index contributed by atoms with van der Waals surface area (Å²) in [5, 5.41) is 11.3. The Hall–Kier alpha value is -0.940. The molecule has 0 aromatic carbocycles. The highest BCUT2D eigenvalue weighted by atomic mass is 15.4. The van der Waals surface area contributed by atoms with Crippen molar-refractivity contribution in [2.24, 2.45) is 0 Å². The Kier molecular flexibility index (Phi) is 4.30. The van der Waals surface area contributed by atoms with Gasteiger partial charge in [-0.05, 0) is 39.4 Å². The molecule has 1 aliphatic rings. The van der Waals surface area contributed by atoms with Crippen molar-refractivity contribution in [1.29, 1.82) is 0 Å². The lowest BCUT2D eigenvalue weighted by Crippen LogP contribution is -2.44. The van der Waals surface area contributed by atoms with Crippen LogP contribution in [-0.2, 0) is 6.54 Å². The molecule has 1 saturated heterocycles. The van der Waals surface area contributed by atoms with E-state index in [0.717, 1.165) is 19.5 Å². The number of aryl methyl sites for hydroxylation is 1. The van der Waals surface area contributed by atoms with Gasteiger partial charge in [0.25, 0.3) is 0 Å². The third-order valence-electron chi connectivity index (χ3n) is 3.09. The van der Waals surface area contributed by atoms with Crippen LogP contribution in [0.3, 0.4) is 0 Å². The van der Waals surface area contributed by atoms with Crippen LogP contribution in [0.5, 0.6) is 0 Å². The summed E-state index contributed by atoms with van der Waals surface area (Å²) in [6, 6.07) is 0.675. The quantitative estimate of drug-likeness (QED) is 0.732. The minimum absolute atomic E-state index is 0.675. The number of hydrogen-bond acceptors (Lipinski definition) is 4. The van der Waals surface area contributed by atoms with Crippen LogP contribution in [0.4, 0.5) is 0 Å². The van der Waals surface area contributed by atoms with Gasteiger partial charge in [0.2, 0.25) is 0 Å². The normalized spacial score (nSPS) is 22.4. The minimum atomic E-state index is 0.675. The average molecular weight is 223 g/mol. The largest absolute Gasteiger partial charge is 0.313 e. The Balaban J connectivity index is 1.57.